The van der Waals surface area contributed by atoms with Gasteiger partial charge in [-0.3, -0.25) is 4.79 Å². The van der Waals surface area contributed by atoms with E-state index in [0.717, 1.165) is 16.8 Å². The fraction of sp³-hybridized carbons (Fsp3) is 0.391. The van der Waals surface area contributed by atoms with Gasteiger partial charge in [-0.05, 0) is 36.2 Å². The van der Waals surface area contributed by atoms with Gasteiger partial charge in [0.15, 0.2) is 5.58 Å². The number of carbonyl (C=O) groups is 1. The van der Waals surface area contributed by atoms with Gasteiger partial charge in [0.1, 0.15) is 11.6 Å². The maximum atomic E-state index is 12.8. The lowest BCUT2D eigenvalue weighted by atomic mass is 10.1. The van der Waals surface area contributed by atoms with Crippen LogP contribution in [0.1, 0.15) is 13.8 Å². The number of rotatable bonds is 7. The lowest BCUT2D eigenvalue weighted by Gasteiger charge is -2.36. The zero-order chi connectivity index (χ0) is 23.6. The Morgan fingerprint density at radius 1 is 1.09 bits per heavy atom. The summed E-state index contributed by atoms with van der Waals surface area (Å²) in [5, 5.41) is 0. The van der Waals surface area contributed by atoms with Gasteiger partial charge < -0.3 is 14.1 Å². The normalized spacial score (nSPS) is 16.3. The maximum absolute atomic E-state index is 12.8. The zero-order valence-electron chi connectivity index (χ0n) is 18.9. The molecule has 1 aliphatic heterocycles. The molecular formula is C23H28N4O5S. The second-order valence-corrected chi connectivity index (χ2v) is 9.99. The molecule has 1 fully saturated rings. The van der Waals surface area contributed by atoms with E-state index in [2.05, 4.69) is 14.6 Å². The Kier molecular flexibility index (Phi) is 6.68. The van der Waals surface area contributed by atoms with E-state index in [1.54, 1.807) is 13.8 Å². The smallest absolute Gasteiger partial charge is 0.324 e. The van der Waals surface area contributed by atoms with Crippen molar-refractivity contribution in [2.45, 2.75) is 19.9 Å². The SMILES string of the molecule is COC(=O)C(NS(=O)(=O)N1CCN(c2ccc3oc(-c4ccccc4)nc3c2)CC1)C(C)C. The molecular weight excluding hydrogens is 444 g/mol. The van der Waals surface area contributed by atoms with E-state index in [9.17, 15) is 13.2 Å². The highest BCUT2D eigenvalue weighted by molar-refractivity contribution is 7.87. The van der Waals surface area contributed by atoms with Crippen molar-refractivity contribution in [1.29, 1.82) is 0 Å². The van der Waals surface area contributed by atoms with Crippen molar-refractivity contribution in [3.8, 4) is 11.5 Å². The number of hydrogen-bond donors (Lipinski definition) is 1. The summed E-state index contributed by atoms with van der Waals surface area (Å²) in [5.74, 6) is -0.262. The van der Waals surface area contributed by atoms with Crippen LogP contribution in [0.4, 0.5) is 5.69 Å². The molecule has 0 amide bonds. The van der Waals surface area contributed by atoms with E-state index in [1.807, 2.05) is 48.5 Å². The van der Waals surface area contributed by atoms with E-state index >= 15 is 0 Å². The minimum atomic E-state index is -3.82. The van der Waals surface area contributed by atoms with E-state index in [1.165, 1.54) is 11.4 Å². The minimum Gasteiger partial charge on any atom is -0.468 e. The highest BCUT2D eigenvalue weighted by Crippen LogP contribution is 2.28. The number of aromatic nitrogens is 1. The van der Waals surface area contributed by atoms with Crippen LogP contribution < -0.4 is 9.62 Å². The Morgan fingerprint density at radius 2 is 1.79 bits per heavy atom. The number of hydrogen-bond acceptors (Lipinski definition) is 7. The molecule has 0 spiro atoms. The van der Waals surface area contributed by atoms with Gasteiger partial charge in [-0.15, -0.1) is 0 Å². The summed E-state index contributed by atoms with van der Waals surface area (Å²) >= 11 is 0. The first-order valence-corrected chi connectivity index (χ1v) is 12.3. The first-order chi connectivity index (χ1) is 15.8. The molecule has 1 aliphatic rings. The largest absolute Gasteiger partial charge is 0.468 e. The molecule has 3 aromatic rings. The number of carbonyl (C=O) groups excluding carboxylic acids is 1. The van der Waals surface area contributed by atoms with Crippen molar-refractivity contribution in [2.24, 2.45) is 5.92 Å². The van der Waals surface area contributed by atoms with Crippen molar-refractivity contribution in [3.05, 3.63) is 48.5 Å². The summed E-state index contributed by atoms with van der Waals surface area (Å²) in [4.78, 5) is 18.7. The van der Waals surface area contributed by atoms with Crippen LogP contribution in [0.3, 0.4) is 0 Å². The third-order valence-electron chi connectivity index (χ3n) is 5.73. The average molecular weight is 473 g/mol. The van der Waals surface area contributed by atoms with Crippen LogP contribution in [0.5, 0.6) is 0 Å². The van der Waals surface area contributed by atoms with Crippen LogP contribution in [0, 0.1) is 5.92 Å². The molecule has 4 rings (SSSR count). The molecule has 1 atom stereocenters. The predicted octanol–water partition coefficient (Wildman–Crippen LogP) is 2.65. The average Bonchev–Trinajstić information content (AvgIpc) is 3.26. The molecule has 9 nitrogen and oxygen atoms in total. The lowest BCUT2D eigenvalue weighted by Crippen LogP contribution is -2.56. The Morgan fingerprint density at radius 3 is 2.42 bits per heavy atom. The van der Waals surface area contributed by atoms with Crippen molar-refractivity contribution in [2.75, 3.05) is 38.2 Å². The number of nitrogens with one attached hydrogen (secondary N) is 1. The zero-order valence-corrected chi connectivity index (χ0v) is 19.7. The second kappa shape index (κ2) is 9.50. The number of ether oxygens (including phenoxy) is 1. The molecule has 0 aliphatic carbocycles. The van der Waals surface area contributed by atoms with Crippen LogP contribution in [-0.4, -0.2) is 63.0 Å². The number of piperazine rings is 1. The summed E-state index contributed by atoms with van der Waals surface area (Å²) in [6, 6.07) is 14.6. The fourth-order valence-electron chi connectivity index (χ4n) is 3.82. The summed E-state index contributed by atoms with van der Waals surface area (Å²) in [6.45, 7) is 5.16. The van der Waals surface area contributed by atoms with Crippen LogP contribution in [0.2, 0.25) is 0 Å². The molecule has 1 aromatic heterocycles. The number of benzene rings is 2. The third-order valence-corrected chi connectivity index (χ3v) is 7.33. The predicted molar refractivity (Wildman–Crippen MR) is 126 cm³/mol. The van der Waals surface area contributed by atoms with Crippen LogP contribution in [0.15, 0.2) is 52.9 Å². The molecule has 1 saturated heterocycles. The Labute approximate surface area is 193 Å². The first kappa shape index (κ1) is 23.2. The van der Waals surface area contributed by atoms with E-state index in [4.69, 9.17) is 9.15 Å². The van der Waals surface area contributed by atoms with Gasteiger partial charge in [-0.2, -0.15) is 17.4 Å². The second-order valence-electron chi connectivity index (χ2n) is 8.29. The van der Waals surface area contributed by atoms with Gasteiger partial charge in [0.25, 0.3) is 10.2 Å². The number of anilines is 1. The fourth-order valence-corrected chi connectivity index (χ4v) is 5.30. The van der Waals surface area contributed by atoms with Gasteiger partial charge in [-0.25, -0.2) is 4.98 Å². The summed E-state index contributed by atoms with van der Waals surface area (Å²) in [7, 11) is -2.57. The van der Waals surface area contributed by atoms with Crippen LogP contribution in [0.25, 0.3) is 22.6 Å². The summed E-state index contributed by atoms with van der Waals surface area (Å²) in [5.41, 5.74) is 3.31. The van der Waals surface area contributed by atoms with Crippen molar-refractivity contribution >= 4 is 33.0 Å². The minimum absolute atomic E-state index is 0.233. The van der Waals surface area contributed by atoms with Crippen molar-refractivity contribution in [3.63, 3.8) is 0 Å². The summed E-state index contributed by atoms with van der Waals surface area (Å²) in [6.07, 6.45) is 0. The highest BCUT2D eigenvalue weighted by atomic mass is 32.2. The Balaban J connectivity index is 1.44. The van der Waals surface area contributed by atoms with Gasteiger partial charge in [-0.1, -0.05) is 32.0 Å². The monoisotopic (exact) mass is 472 g/mol. The molecule has 176 valence electrons. The molecule has 0 bridgehead atoms. The van der Waals surface area contributed by atoms with Crippen LogP contribution >= 0.6 is 0 Å². The third kappa shape index (κ3) is 5.02. The van der Waals surface area contributed by atoms with Crippen LogP contribution in [-0.2, 0) is 19.7 Å². The van der Waals surface area contributed by atoms with Gasteiger partial charge in [0, 0.05) is 37.4 Å². The quantitative estimate of drug-likeness (QED) is 0.527. The molecule has 1 unspecified atom stereocenters. The number of fused-ring (bicyclic) bond motifs is 1. The van der Waals surface area contributed by atoms with E-state index < -0.39 is 22.2 Å². The molecule has 10 heteroatoms. The van der Waals surface area contributed by atoms with Crippen molar-refractivity contribution in [1.82, 2.24) is 14.0 Å². The molecule has 2 aromatic carbocycles. The molecule has 33 heavy (non-hydrogen) atoms. The number of methoxy groups -OCH3 is 1. The van der Waals surface area contributed by atoms with E-state index in [-0.39, 0.29) is 5.92 Å². The molecule has 1 N–H and O–H groups in total. The van der Waals surface area contributed by atoms with Gasteiger partial charge in [0.2, 0.25) is 5.89 Å². The van der Waals surface area contributed by atoms with E-state index in [0.29, 0.717) is 37.7 Å². The number of oxazole rings is 1. The Bertz CT molecular complexity index is 1220. The topological polar surface area (TPSA) is 105 Å². The standard InChI is InChI=1S/C23H28N4O5S/c1-16(2)21(23(28)31-3)25-33(29,30)27-13-11-26(12-14-27)18-9-10-20-19(15-18)24-22(32-20)17-7-5-4-6-8-17/h4-10,15-16,21,25H,11-14H2,1-3H3. The lowest BCUT2D eigenvalue weighted by molar-refractivity contribution is -0.143. The first-order valence-electron chi connectivity index (χ1n) is 10.8. The summed E-state index contributed by atoms with van der Waals surface area (Å²) < 4.78 is 40.2. The molecule has 0 saturated carbocycles. The molecule has 2 heterocycles. The highest BCUT2D eigenvalue weighted by Gasteiger charge is 2.33. The maximum Gasteiger partial charge on any atom is 0.324 e. The van der Waals surface area contributed by atoms with Gasteiger partial charge >= 0.3 is 5.97 Å². The number of esters is 1. The molecule has 0 radical (unpaired) electrons. The van der Waals surface area contributed by atoms with Gasteiger partial charge in [0.05, 0.1) is 7.11 Å². The number of nitrogens with zero attached hydrogens (tertiary/aromatic N) is 3. The van der Waals surface area contributed by atoms with Crippen molar-refractivity contribution < 1.29 is 22.4 Å². The Hall–Kier alpha value is -2.95.